The zero-order valence-electron chi connectivity index (χ0n) is 5.46. The highest BCUT2D eigenvalue weighted by molar-refractivity contribution is 5.66. The van der Waals surface area contributed by atoms with E-state index in [4.69, 9.17) is 4.74 Å². The van der Waals surface area contributed by atoms with E-state index in [9.17, 15) is 4.79 Å². The third-order valence-electron chi connectivity index (χ3n) is 1.40. The summed E-state index contributed by atoms with van der Waals surface area (Å²) in [5, 5.41) is 0. The number of rotatable bonds is 2. The minimum Gasteiger partial charge on any atom is -0.462 e. The van der Waals surface area contributed by atoms with E-state index < -0.39 is 0 Å². The van der Waals surface area contributed by atoms with Crippen LogP contribution in [0.5, 0.6) is 0 Å². The summed E-state index contributed by atoms with van der Waals surface area (Å²) in [6.45, 7) is 5.02. The second-order valence-corrected chi connectivity index (χ2v) is 2.28. The number of esters is 1. The SMILES string of the molecule is C=C[C@H]1C[C@@H]1OC(C)=O. The summed E-state index contributed by atoms with van der Waals surface area (Å²) >= 11 is 0. The number of hydrogen-bond donors (Lipinski definition) is 0. The summed E-state index contributed by atoms with van der Waals surface area (Å²) in [5.74, 6) is 0.234. The van der Waals surface area contributed by atoms with Crippen molar-refractivity contribution in [1.82, 2.24) is 0 Å². The maximum atomic E-state index is 10.3. The Morgan fingerprint density at radius 1 is 1.89 bits per heavy atom. The molecular weight excluding hydrogens is 116 g/mol. The highest BCUT2D eigenvalue weighted by Gasteiger charge is 2.37. The Morgan fingerprint density at radius 3 is 2.89 bits per heavy atom. The van der Waals surface area contributed by atoms with Crippen LogP contribution in [-0.2, 0) is 9.53 Å². The van der Waals surface area contributed by atoms with E-state index in [0.717, 1.165) is 6.42 Å². The van der Waals surface area contributed by atoms with E-state index >= 15 is 0 Å². The fourth-order valence-corrected chi connectivity index (χ4v) is 0.786. The fraction of sp³-hybridized carbons (Fsp3) is 0.571. The van der Waals surface area contributed by atoms with E-state index in [1.54, 1.807) is 0 Å². The van der Waals surface area contributed by atoms with Crippen molar-refractivity contribution >= 4 is 5.97 Å². The largest absolute Gasteiger partial charge is 0.462 e. The van der Waals surface area contributed by atoms with Gasteiger partial charge in [-0.2, -0.15) is 0 Å². The third kappa shape index (κ3) is 1.56. The Labute approximate surface area is 54.5 Å². The van der Waals surface area contributed by atoms with Gasteiger partial charge in [0, 0.05) is 12.8 Å². The average molecular weight is 126 g/mol. The lowest BCUT2D eigenvalue weighted by Gasteiger charge is -1.95. The first-order chi connectivity index (χ1) is 4.24. The molecule has 0 spiro atoms. The van der Waals surface area contributed by atoms with Crippen LogP contribution in [0.3, 0.4) is 0 Å². The van der Waals surface area contributed by atoms with Crippen LogP contribution in [-0.4, -0.2) is 12.1 Å². The van der Waals surface area contributed by atoms with Crippen molar-refractivity contribution in [2.75, 3.05) is 0 Å². The first kappa shape index (κ1) is 6.33. The molecule has 0 aromatic heterocycles. The van der Waals surface area contributed by atoms with Crippen LogP contribution in [0.4, 0.5) is 0 Å². The van der Waals surface area contributed by atoms with Crippen molar-refractivity contribution in [1.29, 1.82) is 0 Å². The summed E-state index contributed by atoms with van der Waals surface area (Å²) < 4.78 is 4.85. The van der Waals surface area contributed by atoms with Gasteiger partial charge in [-0.15, -0.1) is 6.58 Å². The van der Waals surface area contributed by atoms with Gasteiger partial charge < -0.3 is 4.74 Å². The lowest BCUT2D eigenvalue weighted by Crippen LogP contribution is -2.01. The zero-order chi connectivity index (χ0) is 6.85. The minimum atomic E-state index is -0.190. The molecular formula is C7H10O2. The Hall–Kier alpha value is -0.790. The summed E-state index contributed by atoms with van der Waals surface area (Å²) in [6, 6.07) is 0. The van der Waals surface area contributed by atoms with Crippen molar-refractivity contribution in [2.45, 2.75) is 19.4 Å². The van der Waals surface area contributed by atoms with Crippen molar-refractivity contribution in [3.05, 3.63) is 12.7 Å². The molecule has 9 heavy (non-hydrogen) atoms. The van der Waals surface area contributed by atoms with Gasteiger partial charge in [0.15, 0.2) is 0 Å². The predicted octanol–water partition coefficient (Wildman–Crippen LogP) is 1.12. The maximum Gasteiger partial charge on any atom is 0.302 e. The average Bonchev–Trinajstić information content (AvgIpc) is 2.45. The zero-order valence-corrected chi connectivity index (χ0v) is 5.46. The highest BCUT2D eigenvalue weighted by Crippen LogP contribution is 2.34. The molecule has 0 amide bonds. The van der Waals surface area contributed by atoms with Gasteiger partial charge in [0.1, 0.15) is 6.10 Å². The number of carbonyl (C=O) groups excluding carboxylic acids is 1. The molecule has 2 heteroatoms. The molecule has 0 radical (unpaired) electrons. The van der Waals surface area contributed by atoms with E-state index in [0.29, 0.717) is 5.92 Å². The second kappa shape index (κ2) is 2.21. The van der Waals surface area contributed by atoms with Crippen LogP contribution in [0, 0.1) is 5.92 Å². The monoisotopic (exact) mass is 126 g/mol. The molecule has 0 unspecified atom stereocenters. The van der Waals surface area contributed by atoms with Crippen molar-refractivity contribution in [3.63, 3.8) is 0 Å². The molecule has 2 nitrogen and oxygen atoms in total. The Morgan fingerprint density at radius 2 is 2.56 bits per heavy atom. The Bertz CT molecular complexity index is 140. The summed E-state index contributed by atoms with van der Waals surface area (Å²) in [5.41, 5.74) is 0. The first-order valence-electron chi connectivity index (χ1n) is 3.04. The fourth-order valence-electron chi connectivity index (χ4n) is 0.786. The predicted molar refractivity (Wildman–Crippen MR) is 33.9 cm³/mol. The van der Waals surface area contributed by atoms with Crippen molar-refractivity contribution < 1.29 is 9.53 Å². The van der Waals surface area contributed by atoms with E-state index in [1.807, 2.05) is 6.08 Å². The number of ether oxygens (including phenoxy) is 1. The van der Waals surface area contributed by atoms with Crippen LogP contribution >= 0.6 is 0 Å². The lowest BCUT2D eigenvalue weighted by atomic mass is 10.4. The van der Waals surface area contributed by atoms with E-state index in [1.165, 1.54) is 6.92 Å². The van der Waals surface area contributed by atoms with Crippen molar-refractivity contribution in [3.8, 4) is 0 Å². The quantitative estimate of drug-likeness (QED) is 0.409. The molecule has 1 aliphatic rings. The third-order valence-corrected chi connectivity index (χ3v) is 1.40. The molecule has 1 aliphatic carbocycles. The first-order valence-corrected chi connectivity index (χ1v) is 3.04. The van der Waals surface area contributed by atoms with Gasteiger partial charge in [-0.05, 0) is 6.42 Å². The Kier molecular flexibility index (Phi) is 1.56. The maximum absolute atomic E-state index is 10.3. The molecule has 1 saturated carbocycles. The summed E-state index contributed by atoms with van der Waals surface area (Å²) in [4.78, 5) is 10.3. The van der Waals surface area contributed by atoms with E-state index in [2.05, 4.69) is 6.58 Å². The van der Waals surface area contributed by atoms with Gasteiger partial charge in [-0.1, -0.05) is 6.08 Å². The molecule has 0 saturated heterocycles. The number of hydrogen-bond acceptors (Lipinski definition) is 2. The minimum absolute atomic E-state index is 0.139. The second-order valence-electron chi connectivity index (χ2n) is 2.28. The smallest absolute Gasteiger partial charge is 0.302 e. The normalized spacial score (nSPS) is 31.2. The van der Waals surface area contributed by atoms with Crippen LogP contribution in [0.15, 0.2) is 12.7 Å². The summed E-state index contributed by atoms with van der Waals surface area (Å²) in [6.07, 6.45) is 2.93. The molecule has 0 aliphatic heterocycles. The molecule has 1 fully saturated rings. The van der Waals surface area contributed by atoms with Gasteiger partial charge in [-0.25, -0.2) is 0 Å². The molecule has 0 bridgehead atoms. The van der Waals surface area contributed by atoms with Gasteiger partial charge >= 0.3 is 5.97 Å². The summed E-state index contributed by atoms with van der Waals surface area (Å²) in [7, 11) is 0. The molecule has 1 rings (SSSR count). The molecule has 0 aromatic carbocycles. The van der Waals surface area contributed by atoms with Gasteiger partial charge in [0.05, 0.1) is 0 Å². The standard InChI is InChI=1S/C7H10O2/c1-3-6-4-7(6)9-5(2)8/h3,6-7H,1,4H2,2H3/t6-,7-/m0/s1. The topological polar surface area (TPSA) is 26.3 Å². The van der Waals surface area contributed by atoms with E-state index in [-0.39, 0.29) is 12.1 Å². The van der Waals surface area contributed by atoms with Crippen molar-refractivity contribution in [2.24, 2.45) is 5.92 Å². The molecule has 0 N–H and O–H groups in total. The van der Waals surface area contributed by atoms with Gasteiger partial charge in [0.25, 0.3) is 0 Å². The molecule has 50 valence electrons. The lowest BCUT2D eigenvalue weighted by molar-refractivity contribution is -0.142. The molecule has 2 atom stereocenters. The van der Waals surface area contributed by atoms with Gasteiger partial charge in [0.2, 0.25) is 0 Å². The van der Waals surface area contributed by atoms with Gasteiger partial charge in [-0.3, -0.25) is 4.79 Å². The van der Waals surface area contributed by atoms with Crippen LogP contribution in [0.2, 0.25) is 0 Å². The molecule has 0 aromatic rings. The highest BCUT2D eigenvalue weighted by atomic mass is 16.5. The van der Waals surface area contributed by atoms with Crippen LogP contribution < -0.4 is 0 Å². The van der Waals surface area contributed by atoms with Crippen LogP contribution in [0.25, 0.3) is 0 Å². The molecule has 0 heterocycles. The number of carbonyl (C=O) groups is 1. The Balaban J connectivity index is 2.19. The van der Waals surface area contributed by atoms with Crippen LogP contribution in [0.1, 0.15) is 13.3 Å².